The van der Waals surface area contributed by atoms with E-state index in [1.165, 1.54) is 12.8 Å². The lowest BCUT2D eigenvalue weighted by Gasteiger charge is -2.15. The average molecular weight is 223 g/mol. The van der Waals surface area contributed by atoms with Crippen LogP contribution in [0, 0.1) is 5.92 Å². The van der Waals surface area contributed by atoms with Gasteiger partial charge in [-0.05, 0) is 32.6 Å². The fraction of sp³-hybridized carbons (Fsp3) is 0.769. The summed E-state index contributed by atoms with van der Waals surface area (Å²) >= 11 is 0. The highest BCUT2D eigenvalue weighted by Crippen LogP contribution is 2.07. The van der Waals surface area contributed by atoms with E-state index in [0.29, 0.717) is 6.04 Å². The van der Waals surface area contributed by atoms with Crippen molar-refractivity contribution in [3.8, 4) is 0 Å². The van der Waals surface area contributed by atoms with E-state index in [-0.39, 0.29) is 0 Å². The van der Waals surface area contributed by atoms with Crippen molar-refractivity contribution in [3.05, 3.63) is 18.2 Å². The maximum atomic E-state index is 4.35. The first-order valence-electron chi connectivity index (χ1n) is 6.36. The molecule has 3 nitrogen and oxygen atoms in total. The number of aromatic nitrogens is 2. The van der Waals surface area contributed by atoms with Crippen molar-refractivity contribution in [1.82, 2.24) is 14.9 Å². The predicted octanol–water partition coefficient (Wildman–Crippen LogP) is 2.82. The van der Waals surface area contributed by atoms with Crippen LogP contribution >= 0.6 is 0 Å². The second kappa shape index (κ2) is 6.69. The Morgan fingerprint density at radius 1 is 1.31 bits per heavy atom. The van der Waals surface area contributed by atoms with Crippen LogP contribution in [0.15, 0.2) is 12.4 Å². The van der Waals surface area contributed by atoms with Crippen LogP contribution in [0.2, 0.25) is 0 Å². The number of nitrogens with zero attached hydrogens (tertiary/aromatic N) is 2. The van der Waals surface area contributed by atoms with Crippen molar-refractivity contribution in [2.45, 2.75) is 59.7 Å². The van der Waals surface area contributed by atoms with Gasteiger partial charge in [0.15, 0.2) is 0 Å². The lowest BCUT2D eigenvalue weighted by molar-refractivity contribution is 0.442. The van der Waals surface area contributed by atoms with Gasteiger partial charge in [0.1, 0.15) is 5.82 Å². The Kier molecular flexibility index (Phi) is 5.53. The summed E-state index contributed by atoms with van der Waals surface area (Å²) in [7, 11) is 0. The van der Waals surface area contributed by atoms with Gasteiger partial charge in [0.05, 0.1) is 6.54 Å². The van der Waals surface area contributed by atoms with Crippen LogP contribution in [0.1, 0.15) is 46.4 Å². The second-order valence-corrected chi connectivity index (χ2v) is 4.88. The van der Waals surface area contributed by atoms with E-state index < -0.39 is 0 Å². The molecule has 0 fully saturated rings. The molecule has 0 radical (unpaired) electrons. The van der Waals surface area contributed by atoms with Gasteiger partial charge in [-0.25, -0.2) is 4.98 Å². The molecule has 0 bridgehead atoms. The van der Waals surface area contributed by atoms with Crippen LogP contribution in [0.3, 0.4) is 0 Å². The zero-order chi connectivity index (χ0) is 12.0. The van der Waals surface area contributed by atoms with Gasteiger partial charge >= 0.3 is 0 Å². The molecule has 3 heteroatoms. The Bertz CT molecular complexity index is 291. The summed E-state index contributed by atoms with van der Waals surface area (Å²) in [6.45, 7) is 10.8. The smallest absolute Gasteiger partial charge is 0.122 e. The van der Waals surface area contributed by atoms with Crippen molar-refractivity contribution < 1.29 is 0 Å². The van der Waals surface area contributed by atoms with Crippen molar-refractivity contribution in [2.75, 3.05) is 0 Å². The Hall–Kier alpha value is -0.830. The van der Waals surface area contributed by atoms with E-state index in [0.717, 1.165) is 24.8 Å². The first-order valence-corrected chi connectivity index (χ1v) is 6.36. The zero-order valence-electron chi connectivity index (χ0n) is 11.0. The number of hydrogen-bond acceptors (Lipinski definition) is 2. The predicted molar refractivity (Wildman–Crippen MR) is 68.3 cm³/mol. The summed E-state index contributed by atoms with van der Waals surface area (Å²) < 4.78 is 2.18. The first kappa shape index (κ1) is 13.2. The highest BCUT2D eigenvalue weighted by Gasteiger charge is 2.05. The molecule has 0 aliphatic carbocycles. The lowest BCUT2D eigenvalue weighted by Crippen LogP contribution is -2.27. The van der Waals surface area contributed by atoms with Crippen LogP contribution in [-0.2, 0) is 13.1 Å². The molecule has 0 aliphatic rings. The minimum atomic E-state index is 0.574. The maximum absolute atomic E-state index is 4.35. The number of imidazole rings is 1. The van der Waals surface area contributed by atoms with E-state index in [9.17, 15) is 0 Å². The van der Waals surface area contributed by atoms with E-state index in [1.807, 2.05) is 12.4 Å². The molecular weight excluding hydrogens is 198 g/mol. The normalized spacial score (nSPS) is 13.3. The molecule has 0 saturated heterocycles. The quantitative estimate of drug-likeness (QED) is 0.770. The summed E-state index contributed by atoms with van der Waals surface area (Å²) in [4.78, 5) is 4.35. The van der Waals surface area contributed by atoms with Crippen LogP contribution in [0.4, 0.5) is 0 Å². The molecule has 1 heterocycles. The van der Waals surface area contributed by atoms with Crippen molar-refractivity contribution in [2.24, 2.45) is 5.92 Å². The van der Waals surface area contributed by atoms with E-state index >= 15 is 0 Å². The summed E-state index contributed by atoms with van der Waals surface area (Å²) in [6.07, 6.45) is 6.44. The van der Waals surface area contributed by atoms with Gasteiger partial charge in [-0.3, -0.25) is 0 Å². The fourth-order valence-corrected chi connectivity index (χ4v) is 1.75. The molecule has 16 heavy (non-hydrogen) atoms. The van der Waals surface area contributed by atoms with Gasteiger partial charge in [0.25, 0.3) is 0 Å². The topological polar surface area (TPSA) is 29.9 Å². The molecule has 0 saturated carbocycles. The third kappa shape index (κ3) is 4.35. The van der Waals surface area contributed by atoms with Crippen LogP contribution < -0.4 is 5.32 Å². The fourth-order valence-electron chi connectivity index (χ4n) is 1.75. The molecule has 1 N–H and O–H groups in total. The first-order chi connectivity index (χ1) is 7.63. The third-order valence-electron chi connectivity index (χ3n) is 2.93. The monoisotopic (exact) mass is 223 g/mol. The molecule has 92 valence electrons. The molecule has 0 spiro atoms. The Balaban J connectivity index is 2.28. The minimum absolute atomic E-state index is 0.574. The largest absolute Gasteiger partial charge is 0.334 e. The molecular formula is C13H25N3. The number of nitrogens with one attached hydrogen (secondary N) is 1. The summed E-state index contributed by atoms with van der Waals surface area (Å²) in [5.41, 5.74) is 0. The van der Waals surface area contributed by atoms with E-state index in [2.05, 4.69) is 42.6 Å². The molecule has 0 amide bonds. The molecule has 1 aromatic rings. The SMILES string of the molecule is CCn1ccnc1CNC(C)CCC(C)C. The standard InChI is InChI=1S/C13H25N3/c1-5-16-9-8-14-13(16)10-15-12(4)7-6-11(2)3/h8-9,11-12,15H,5-7,10H2,1-4H3. The van der Waals surface area contributed by atoms with Crippen LogP contribution in [0.25, 0.3) is 0 Å². The number of aryl methyl sites for hydroxylation is 1. The van der Waals surface area contributed by atoms with Gasteiger partial charge in [-0.15, -0.1) is 0 Å². The Labute approximate surface area is 99.3 Å². The molecule has 1 rings (SSSR count). The van der Waals surface area contributed by atoms with Gasteiger partial charge in [0, 0.05) is 25.0 Å². The highest BCUT2D eigenvalue weighted by molar-refractivity contribution is 4.91. The average Bonchev–Trinajstić information content (AvgIpc) is 2.70. The number of rotatable bonds is 7. The van der Waals surface area contributed by atoms with E-state index in [4.69, 9.17) is 0 Å². The molecule has 0 aromatic carbocycles. The summed E-state index contributed by atoms with van der Waals surface area (Å²) in [6, 6.07) is 0.574. The molecule has 1 atom stereocenters. The highest BCUT2D eigenvalue weighted by atomic mass is 15.1. The summed E-state index contributed by atoms with van der Waals surface area (Å²) in [5, 5.41) is 3.53. The van der Waals surface area contributed by atoms with Crippen LogP contribution in [0.5, 0.6) is 0 Å². The lowest BCUT2D eigenvalue weighted by atomic mass is 10.0. The second-order valence-electron chi connectivity index (χ2n) is 4.88. The zero-order valence-corrected chi connectivity index (χ0v) is 11.0. The molecule has 0 aliphatic heterocycles. The maximum Gasteiger partial charge on any atom is 0.122 e. The molecule has 1 unspecified atom stereocenters. The molecule has 1 aromatic heterocycles. The van der Waals surface area contributed by atoms with Crippen molar-refractivity contribution >= 4 is 0 Å². The van der Waals surface area contributed by atoms with Gasteiger partial charge < -0.3 is 9.88 Å². The van der Waals surface area contributed by atoms with Gasteiger partial charge in [0.2, 0.25) is 0 Å². The Morgan fingerprint density at radius 2 is 2.06 bits per heavy atom. The third-order valence-corrected chi connectivity index (χ3v) is 2.93. The number of hydrogen-bond donors (Lipinski definition) is 1. The Morgan fingerprint density at radius 3 is 2.69 bits per heavy atom. The van der Waals surface area contributed by atoms with Crippen molar-refractivity contribution in [3.63, 3.8) is 0 Å². The van der Waals surface area contributed by atoms with E-state index in [1.54, 1.807) is 0 Å². The van der Waals surface area contributed by atoms with Gasteiger partial charge in [-0.1, -0.05) is 13.8 Å². The van der Waals surface area contributed by atoms with Crippen LogP contribution in [-0.4, -0.2) is 15.6 Å². The summed E-state index contributed by atoms with van der Waals surface area (Å²) in [5.74, 6) is 1.93. The van der Waals surface area contributed by atoms with Gasteiger partial charge in [-0.2, -0.15) is 0 Å². The van der Waals surface area contributed by atoms with Crippen molar-refractivity contribution in [1.29, 1.82) is 0 Å². The minimum Gasteiger partial charge on any atom is -0.334 e.